The molecule has 2 aromatic rings. The molecule has 14 atom stereocenters. The lowest BCUT2D eigenvalue weighted by molar-refractivity contribution is -0.321. The van der Waals surface area contributed by atoms with Crippen molar-refractivity contribution in [1.82, 2.24) is 0 Å². The second kappa shape index (κ2) is 19.4. The van der Waals surface area contributed by atoms with Gasteiger partial charge in [-0.15, -0.1) is 0 Å². The van der Waals surface area contributed by atoms with E-state index < -0.39 is 36.1 Å². The number of hydrogen-bond donors (Lipinski definition) is 1. The molecule has 0 radical (unpaired) electrons. The maximum atomic E-state index is 12.9. The Kier molecular flexibility index (Phi) is 14.7. The van der Waals surface area contributed by atoms with E-state index >= 15 is 0 Å². The van der Waals surface area contributed by atoms with Gasteiger partial charge in [0.05, 0.1) is 25.2 Å². The number of rotatable bonds is 16. The summed E-state index contributed by atoms with van der Waals surface area (Å²) in [6, 6.07) is 19.8. The van der Waals surface area contributed by atoms with Crippen molar-refractivity contribution in [1.29, 1.82) is 0 Å². The maximum absolute atomic E-state index is 12.9. The molecule has 0 aromatic heterocycles. The van der Waals surface area contributed by atoms with E-state index in [1.165, 1.54) is 77.0 Å². The largest absolute Gasteiger partial charge is 0.462 e. The average molecular weight is 815 g/mol. The summed E-state index contributed by atoms with van der Waals surface area (Å²) >= 11 is 0. The van der Waals surface area contributed by atoms with Gasteiger partial charge in [-0.3, -0.25) is 4.79 Å². The summed E-state index contributed by atoms with van der Waals surface area (Å²) in [6.07, 6.45) is 13.9. The van der Waals surface area contributed by atoms with Crippen LogP contribution >= 0.6 is 0 Å². The number of aliphatic hydroxyl groups excluding tert-OH is 1. The van der Waals surface area contributed by atoms with Crippen LogP contribution in [0.15, 0.2) is 60.7 Å². The zero-order valence-corrected chi connectivity index (χ0v) is 37.6. The summed E-state index contributed by atoms with van der Waals surface area (Å²) in [5.41, 5.74) is 2.39. The van der Waals surface area contributed by atoms with Gasteiger partial charge in [0.15, 0.2) is 6.29 Å². The zero-order valence-electron chi connectivity index (χ0n) is 37.6. The normalized spacial score (nSPS) is 36.8. The molecule has 2 aromatic carbocycles. The summed E-state index contributed by atoms with van der Waals surface area (Å²) in [5.74, 6) is 5.36. The van der Waals surface area contributed by atoms with Gasteiger partial charge in [-0.05, 0) is 142 Å². The Morgan fingerprint density at radius 1 is 0.780 bits per heavy atom. The minimum absolute atomic E-state index is 0.0620. The van der Waals surface area contributed by atoms with E-state index in [9.17, 15) is 9.90 Å². The number of benzene rings is 2. The van der Waals surface area contributed by atoms with Crippen LogP contribution in [-0.4, -0.2) is 55.0 Å². The predicted octanol–water partition coefficient (Wildman–Crippen LogP) is 11.3. The van der Waals surface area contributed by atoms with Gasteiger partial charge >= 0.3 is 5.97 Å². The fourth-order valence-corrected chi connectivity index (χ4v) is 13.1. The van der Waals surface area contributed by atoms with Gasteiger partial charge in [-0.2, -0.15) is 0 Å². The fourth-order valence-electron chi connectivity index (χ4n) is 13.1. The number of esters is 1. The lowest BCUT2D eigenvalue weighted by Crippen LogP contribution is -2.61. The van der Waals surface area contributed by atoms with Crippen LogP contribution in [0.4, 0.5) is 0 Å². The van der Waals surface area contributed by atoms with E-state index in [1.807, 2.05) is 81.4 Å². The first-order valence-corrected chi connectivity index (χ1v) is 23.7. The molecule has 5 aliphatic rings. The Morgan fingerprint density at radius 2 is 1.44 bits per heavy atom. The lowest BCUT2D eigenvalue weighted by atomic mass is 9.44. The van der Waals surface area contributed by atoms with Crippen LogP contribution in [0, 0.1) is 57.7 Å². The molecule has 1 N–H and O–H groups in total. The predicted molar refractivity (Wildman–Crippen MR) is 233 cm³/mol. The highest BCUT2D eigenvalue weighted by Gasteiger charge is 2.60. The van der Waals surface area contributed by atoms with Crippen molar-refractivity contribution in [2.24, 2.45) is 57.7 Å². The summed E-state index contributed by atoms with van der Waals surface area (Å²) < 4.78 is 31.8. The SMILES string of the molecule is CC(CCC[C@@H](C)[C@H]1CC[C@H]2[C@@H]3CCC4CCCC[C@]4(C)[C@H]3CC[C@]12C)CO[C@@H]1O[C@H](COC(=O)C(C)(C)C)[C@H](OCc2ccccc2)[C@H](O)[C@H]1OCc1ccccc1. The number of carbonyl (C=O) groups is 1. The van der Waals surface area contributed by atoms with Crippen molar-refractivity contribution < 1.29 is 33.6 Å². The third kappa shape index (κ3) is 10.2. The van der Waals surface area contributed by atoms with Crippen molar-refractivity contribution >= 4 is 5.97 Å². The van der Waals surface area contributed by atoms with Gasteiger partial charge in [0.1, 0.15) is 31.0 Å². The topological polar surface area (TPSA) is 83.5 Å². The van der Waals surface area contributed by atoms with E-state index in [1.54, 1.807) is 0 Å². The third-order valence-corrected chi connectivity index (χ3v) is 16.4. The minimum atomic E-state index is -1.08. The molecule has 5 fully saturated rings. The van der Waals surface area contributed by atoms with E-state index in [-0.39, 0.29) is 25.8 Å². The molecule has 4 aliphatic carbocycles. The van der Waals surface area contributed by atoms with Crippen LogP contribution in [-0.2, 0) is 41.7 Å². The monoisotopic (exact) mass is 815 g/mol. The smallest absolute Gasteiger partial charge is 0.311 e. The van der Waals surface area contributed by atoms with Crippen LogP contribution in [0.1, 0.15) is 143 Å². The molecule has 328 valence electrons. The van der Waals surface area contributed by atoms with E-state index in [0.29, 0.717) is 23.4 Å². The van der Waals surface area contributed by atoms with Crippen LogP contribution in [0.25, 0.3) is 0 Å². The standard InChI is InChI=1S/C52H78O7/c1-35(17-16-18-36(2)41-26-27-42-40-25-24-39-23-14-15-29-51(39,6)43(40)28-30-52(41,42)7)31-57-48-47(56-33-38-21-12-9-13-22-38)45(53)46(55-32-37-19-10-8-11-20-37)44(59-48)34-58-49(54)50(3,4)5/h8-13,19-22,35-36,39-48,53H,14-18,23-34H2,1-7H3/t35?,36-,39?,40+,41-,42+,43+,44-,45+,46+,47-,48-,51+,52-/m1/s1. The molecule has 1 saturated heterocycles. The molecule has 7 heteroatoms. The number of fused-ring (bicyclic) bond motifs is 5. The quantitative estimate of drug-likeness (QED) is 0.169. The molecule has 1 aliphatic heterocycles. The zero-order chi connectivity index (χ0) is 41.8. The van der Waals surface area contributed by atoms with Crippen LogP contribution < -0.4 is 0 Å². The molecule has 1 heterocycles. The Hall–Kier alpha value is -2.29. The highest BCUT2D eigenvalue weighted by atomic mass is 16.7. The summed E-state index contributed by atoms with van der Waals surface area (Å²) in [5, 5.41) is 12.0. The van der Waals surface area contributed by atoms with Crippen LogP contribution in [0.5, 0.6) is 0 Å². The second-order valence-corrected chi connectivity index (χ2v) is 21.4. The van der Waals surface area contributed by atoms with Gasteiger partial charge in [-0.25, -0.2) is 0 Å². The van der Waals surface area contributed by atoms with Crippen molar-refractivity contribution in [2.75, 3.05) is 13.2 Å². The Bertz CT molecular complexity index is 1610. The lowest BCUT2D eigenvalue weighted by Gasteiger charge is -2.61. The summed E-state index contributed by atoms with van der Waals surface area (Å²) in [7, 11) is 0. The number of aliphatic hydroxyl groups is 1. The van der Waals surface area contributed by atoms with Crippen molar-refractivity contribution in [2.45, 2.75) is 176 Å². The number of hydrogen-bond acceptors (Lipinski definition) is 7. The van der Waals surface area contributed by atoms with Crippen LogP contribution in [0.3, 0.4) is 0 Å². The number of ether oxygens (including phenoxy) is 5. The molecule has 2 unspecified atom stereocenters. The first-order chi connectivity index (χ1) is 28.3. The van der Waals surface area contributed by atoms with Gasteiger partial charge in [0.2, 0.25) is 0 Å². The molecule has 0 spiro atoms. The van der Waals surface area contributed by atoms with Crippen molar-refractivity contribution in [3.05, 3.63) is 71.8 Å². The highest BCUT2D eigenvalue weighted by Crippen LogP contribution is 2.68. The Balaban J connectivity index is 0.957. The van der Waals surface area contributed by atoms with Gasteiger partial charge in [0, 0.05) is 0 Å². The third-order valence-electron chi connectivity index (χ3n) is 16.4. The van der Waals surface area contributed by atoms with Gasteiger partial charge in [0.25, 0.3) is 0 Å². The molecular formula is C52H78O7. The molecule has 0 bridgehead atoms. The first-order valence-electron chi connectivity index (χ1n) is 23.7. The van der Waals surface area contributed by atoms with Crippen molar-refractivity contribution in [3.63, 3.8) is 0 Å². The maximum Gasteiger partial charge on any atom is 0.311 e. The van der Waals surface area contributed by atoms with E-state index in [2.05, 4.69) is 27.7 Å². The van der Waals surface area contributed by atoms with Gasteiger partial charge < -0.3 is 28.8 Å². The molecular weight excluding hydrogens is 737 g/mol. The first kappa shape index (κ1) is 44.8. The molecule has 7 nitrogen and oxygen atoms in total. The van der Waals surface area contributed by atoms with Crippen molar-refractivity contribution in [3.8, 4) is 0 Å². The Labute approximate surface area is 357 Å². The molecule has 4 saturated carbocycles. The summed E-state index contributed by atoms with van der Waals surface area (Å²) in [6.45, 7) is 16.7. The second-order valence-electron chi connectivity index (χ2n) is 21.4. The Morgan fingerprint density at radius 3 is 2.12 bits per heavy atom. The molecule has 0 amide bonds. The summed E-state index contributed by atoms with van der Waals surface area (Å²) in [4.78, 5) is 12.9. The van der Waals surface area contributed by atoms with E-state index in [0.717, 1.165) is 53.1 Å². The molecule has 59 heavy (non-hydrogen) atoms. The van der Waals surface area contributed by atoms with E-state index in [4.69, 9.17) is 23.7 Å². The average Bonchev–Trinajstić information content (AvgIpc) is 3.58. The van der Waals surface area contributed by atoms with Gasteiger partial charge in [-0.1, -0.05) is 114 Å². The van der Waals surface area contributed by atoms with Crippen LogP contribution in [0.2, 0.25) is 0 Å². The number of carbonyl (C=O) groups excluding carboxylic acids is 1. The molecule has 7 rings (SSSR count). The fraction of sp³-hybridized carbons (Fsp3) is 0.750. The highest BCUT2D eigenvalue weighted by molar-refractivity contribution is 5.75. The minimum Gasteiger partial charge on any atom is -0.462 e.